The van der Waals surface area contributed by atoms with Crippen LogP contribution in [0, 0.1) is 0 Å². The molecular formula is C18H15BrN4O. The Hall–Kier alpha value is -2.73. The van der Waals surface area contributed by atoms with Crippen molar-refractivity contribution in [3.63, 3.8) is 0 Å². The van der Waals surface area contributed by atoms with Gasteiger partial charge >= 0.3 is 0 Å². The standard InChI is InChI=1S/C18H15BrN4O/c1-23(16-8-3-2-4-9-16)17(24)13-11-20-18(21-12-13)22-15-7-5-6-14(19)10-15/h2-12H,1H3,(H,20,21,22). The Labute approximate surface area is 148 Å². The topological polar surface area (TPSA) is 58.1 Å². The van der Waals surface area contributed by atoms with E-state index in [4.69, 9.17) is 0 Å². The fraction of sp³-hybridized carbons (Fsp3) is 0.0556. The molecule has 1 heterocycles. The summed E-state index contributed by atoms with van der Waals surface area (Å²) in [5.74, 6) is 0.280. The highest BCUT2D eigenvalue weighted by atomic mass is 79.9. The van der Waals surface area contributed by atoms with Gasteiger partial charge in [0.25, 0.3) is 5.91 Å². The first-order chi connectivity index (χ1) is 11.6. The van der Waals surface area contributed by atoms with Gasteiger partial charge in [0.1, 0.15) is 0 Å². The van der Waals surface area contributed by atoms with Crippen molar-refractivity contribution in [3.8, 4) is 0 Å². The third-order valence-corrected chi connectivity index (χ3v) is 3.92. The van der Waals surface area contributed by atoms with E-state index in [0.717, 1.165) is 15.8 Å². The van der Waals surface area contributed by atoms with E-state index in [1.54, 1.807) is 11.9 Å². The van der Waals surface area contributed by atoms with Gasteiger partial charge in [-0.15, -0.1) is 0 Å². The lowest BCUT2D eigenvalue weighted by molar-refractivity contribution is 0.0992. The van der Waals surface area contributed by atoms with E-state index in [9.17, 15) is 4.79 Å². The predicted octanol–water partition coefficient (Wildman–Crippen LogP) is 4.26. The van der Waals surface area contributed by atoms with Gasteiger partial charge in [-0.1, -0.05) is 40.2 Å². The monoisotopic (exact) mass is 382 g/mol. The molecule has 0 fully saturated rings. The smallest absolute Gasteiger partial charge is 0.261 e. The maximum atomic E-state index is 12.5. The zero-order valence-corrected chi connectivity index (χ0v) is 14.6. The van der Waals surface area contributed by atoms with E-state index < -0.39 is 0 Å². The van der Waals surface area contributed by atoms with E-state index in [0.29, 0.717) is 11.5 Å². The van der Waals surface area contributed by atoms with Gasteiger partial charge in [-0.25, -0.2) is 9.97 Å². The number of amides is 1. The van der Waals surface area contributed by atoms with Crippen LogP contribution >= 0.6 is 15.9 Å². The third-order valence-electron chi connectivity index (χ3n) is 3.43. The number of hydrogen-bond acceptors (Lipinski definition) is 4. The van der Waals surface area contributed by atoms with Crippen molar-refractivity contribution in [3.05, 3.63) is 77.0 Å². The second kappa shape index (κ2) is 7.23. The predicted molar refractivity (Wildman–Crippen MR) is 98.6 cm³/mol. The summed E-state index contributed by atoms with van der Waals surface area (Å²) < 4.78 is 0.962. The minimum atomic E-state index is -0.157. The second-order valence-electron chi connectivity index (χ2n) is 5.13. The first kappa shape index (κ1) is 16.1. The summed E-state index contributed by atoms with van der Waals surface area (Å²) in [6.07, 6.45) is 3.05. The van der Waals surface area contributed by atoms with Gasteiger partial charge in [-0.2, -0.15) is 0 Å². The maximum Gasteiger partial charge on any atom is 0.261 e. The van der Waals surface area contributed by atoms with Crippen molar-refractivity contribution >= 4 is 39.2 Å². The zero-order valence-electron chi connectivity index (χ0n) is 13.0. The molecule has 0 atom stereocenters. The number of aromatic nitrogens is 2. The Morgan fingerprint density at radius 2 is 1.75 bits per heavy atom. The molecule has 0 radical (unpaired) electrons. The van der Waals surface area contributed by atoms with Crippen molar-refractivity contribution in [1.29, 1.82) is 0 Å². The highest BCUT2D eigenvalue weighted by Crippen LogP contribution is 2.19. The number of carbonyl (C=O) groups is 1. The van der Waals surface area contributed by atoms with Gasteiger partial charge in [0.2, 0.25) is 5.95 Å². The van der Waals surface area contributed by atoms with E-state index in [1.807, 2.05) is 54.6 Å². The van der Waals surface area contributed by atoms with Gasteiger partial charge in [0, 0.05) is 35.3 Å². The van der Waals surface area contributed by atoms with Gasteiger partial charge in [0.15, 0.2) is 0 Å². The van der Waals surface area contributed by atoms with Gasteiger partial charge in [0.05, 0.1) is 5.56 Å². The minimum Gasteiger partial charge on any atom is -0.324 e. The van der Waals surface area contributed by atoms with Crippen LogP contribution in [0.15, 0.2) is 71.5 Å². The Balaban J connectivity index is 1.73. The summed E-state index contributed by atoms with van der Waals surface area (Å²) >= 11 is 3.41. The molecule has 0 saturated carbocycles. The summed E-state index contributed by atoms with van der Waals surface area (Å²) in [4.78, 5) is 22.5. The first-order valence-corrected chi connectivity index (χ1v) is 8.10. The SMILES string of the molecule is CN(C(=O)c1cnc(Nc2cccc(Br)c2)nc1)c1ccccc1. The average Bonchev–Trinajstić information content (AvgIpc) is 2.62. The molecule has 0 saturated heterocycles. The van der Waals surface area contributed by atoms with Crippen LogP contribution in [0.25, 0.3) is 0 Å². The Bertz CT molecular complexity index is 837. The highest BCUT2D eigenvalue weighted by Gasteiger charge is 2.14. The van der Waals surface area contributed by atoms with E-state index in [1.165, 1.54) is 12.4 Å². The lowest BCUT2D eigenvalue weighted by Crippen LogP contribution is -2.26. The molecule has 0 aliphatic rings. The number of rotatable bonds is 4. The summed E-state index contributed by atoms with van der Waals surface area (Å²) in [5.41, 5.74) is 2.12. The summed E-state index contributed by atoms with van der Waals surface area (Å²) in [5, 5.41) is 3.09. The number of anilines is 3. The van der Waals surface area contributed by atoms with Crippen LogP contribution in [0.3, 0.4) is 0 Å². The summed E-state index contributed by atoms with van der Waals surface area (Å²) in [6.45, 7) is 0. The Morgan fingerprint density at radius 3 is 2.42 bits per heavy atom. The first-order valence-electron chi connectivity index (χ1n) is 7.31. The molecule has 120 valence electrons. The summed E-state index contributed by atoms with van der Waals surface area (Å²) in [7, 11) is 1.73. The molecule has 1 N–H and O–H groups in total. The Kier molecular flexibility index (Phi) is 4.86. The van der Waals surface area contributed by atoms with Crippen LogP contribution in [0.4, 0.5) is 17.3 Å². The minimum absolute atomic E-state index is 0.157. The average molecular weight is 383 g/mol. The van der Waals surface area contributed by atoms with E-state index in [2.05, 4.69) is 31.2 Å². The van der Waals surface area contributed by atoms with E-state index in [-0.39, 0.29) is 5.91 Å². The van der Waals surface area contributed by atoms with Crippen LogP contribution in [0.5, 0.6) is 0 Å². The normalized spacial score (nSPS) is 10.2. The number of carbonyl (C=O) groups excluding carboxylic acids is 1. The van der Waals surface area contributed by atoms with Crippen LogP contribution in [0.2, 0.25) is 0 Å². The summed E-state index contributed by atoms with van der Waals surface area (Å²) in [6, 6.07) is 17.1. The zero-order chi connectivity index (χ0) is 16.9. The molecule has 0 unspecified atom stereocenters. The molecule has 3 rings (SSSR count). The highest BCUT2D eigenvalue weighted by molar-refractivity contribution is 9.10. The van der Waals surface area contributed by atoms with Gasteiger partial charge < -0.3 is 10.2 Å². The molecule has 3 aromatic rings. The molecule has 24 heavy (non-hydrogen) atoms. The lowest BCUT2D eigenvalue weighted by Gasteiger charge is -2.17. The lowest BCUT2D eigenvalue weighted by atomic mass is 10.2. The second-order valence-corrected chi connectivity index (χ2v) is 6.05. The van der Waals surface area contributed by atoms with Crippen molar-refractivity contribution in [2.24, 2.45) is 0 Å². The van der Waals surface area contributed by atoms with Crippen LogP contribution < -0.4 is 10.2 Å². The quantitative estimate of drug-likeness (QED) is 0.732. The largest absolute Gasteiger partial charge is 0.324 e. The van der Waals surface area contributed by atoms with Crippen LogP contribution in [0.1, 0.15) is 10.4 Å². The molecule has 6 heteroatoms. The van der Waals surface area contributed by atoms with Crippen molar-refractivity contribution in [1.82, 2.24) is 9.97 Å². The van der Waals surface area contributed by atoms with Crippen LogP contribution in [-0.4, -0.2) is 22.9 Å². The van der Waals surface area contributed by atoms with Gasteiger partial charge in [-0.3, -0.25) is 4.79 Å². The van der Waals surface area contributed by atoms with Gasteiger partial charge in [-0.05, 0) is 30.3 Å². The number of nitrogens with zero attached hydrogens (tertiary/aromatic N) is 3. The molecule has 1 amide bonds. The molecule has 0 aliphatic heterocycles. The molecular weight excluding hydrogens is 368 g/mol. The Morgan fingerprint density at radius 1 is 1.04 bits per heavy atom. The van der Waals surface area contributed by atoms with Crippen molar-refractivity contribution in [2.75, 3.05) is 17.3 Å². The number of benzene rings is 2. The van der Waals surface area contributed by atoms with Crippen LogP contribution in [-0.2, 0) is 0 Å². The maximum absolute atomic E-state index is 12.5. The number of halogens is 1. The molecule has 5 nitrogen and oxygen atoms in total. The molecule has 2 aromatic carbocycles. The van der Waals surface area contributed by atoms with Crippen molar-refractivity contribution in [2.45, 2.75) is 0 Å². The fourth-order valence-corrected chi connectivity index (χ4v) is 2.56. The molecule has 0 spiro atoms. The third kappa shape index (κ3) is 3.78. The number of nitrogens with one attached hydrogen (secondary N) is 1. The van der Waals surface area contributed by atoms with Crippen molar-refractivity contribution < 1.29 is 4.79 Å². The number of hydrogen-bond donors (Lipinski definition) is 1. The number of para-hydroxylation sites is 1. The molecule has 0 bridgehead atoms. The fourth-order valence-electron chi connectivity index (χ4n) is 2.16. The molecule has 0 aliphatic carbocycles. The van der Waals surface area contributed by atoms with E-state index >= 15 is 0 Å². The molecule has 1 aromatic heterocycles.